The summed E-state index contributed by atoms with van der Waals surface area (Å²) in [6, 6.07) is 3.74. The van der Waals surface area contributed by atoms with Crippen molar-refractivity contribution in [2.75, 3.05) is 0 Å². The number of H-pyrrole nitrogens is 1. The highest BCUT2D eigenvalue weighted by molar-refractivity contribution is 7.99. The fourth-order valence-electron chi connectivity index (χ4n) is 2.29. The third-order valence-electron chi connectivity index (χ3n) is 3.36. The number of nitrogens with zero attached hydrogens (tertiary/aromatic N) is 1. The molecule has 1 atom stereocenters. The molecule has 22 heavy (non-hydrogen) atoms. The SMILES string of the molecule is Cc1c(C(C)c2c(F)cccc2F)nc(SC(C)C)[nH]c1=O. The van der Waals surface area contributed by atoms with E-state index >= 15 is 0 Å². The van der Waals surface area contributed by atoms with Crippen molar-refractivity contribution < 1.29 is 8.78 Å². The Morgan fingerprint density at radius 2 is 1.77 bits per heavy atom. The normalized spacial score (nSPS) is 12.7. The highest BCUT2D eigenvalue weighted by Gasteiger charge is 2.22. The first kappa shape index (κ1) is 16.7. The van der Waals surface area contributed by atoms with Gasteiger partial charge in [-0.25, -0.2) is 13.8 Å². The molecular weight excluding hydrogens is 306 g/mol. The molecule has 3 nitrogen and oxygen atoms in total. The van der Waals surface area contributed by atoms with E-state index in [1.807, 2.05) is 13.8 Å². The van der Waals surface area contributed by atoms with Gasteiger partial charge >= 0.3 is 0 Å². The van der Waals surface area contributed by atoms with Crippen LogP contribution in [0.3, 0.4) is 0 Å². The van der Waals surface area contributed by atoms with Gasteiger partial charge in [0, 0.05) is 22.3 Å². The van der Waals surface area contributed by atoms with Gasteiger partial charge in [-0.05, 0) is 19.1 Å². The Morgan fingerprint density at radius 1 is 1.18 bits per heavy atom. The molecule has 2 aromatic rings. The van der Waals surface area contributed by atoms with Crippen molar-refractivity contribution in [2.45, 2.75) is 44.0 Å². The molecule has 0 bridgehead atoms. The molecule has 6 heteroatoms. The van der Waals surface area contributed by atoms with E-state index in [1.165, 1.54) is 30.0 Å². The minimum absolute atomic E-state index is 0.0656. The first-order chi connectivity index (χ1) is 10.3. The number of nitrogens with one attached hydrogen (secondary N) is 1. The summed E-state index contributed by atoms with van der Waals surface area (Å²) in [6.45, 7) is 7.22. The summed E-state index contributed by atoms with van der Waals surface area (Å²) in [5, 5.41) is 0.698. The Balaban J connectivity index is 2.56. The maximum Gasteiger partial charge on any atom is 0.254 e. The average molecular weight is 324 g/mol. The summed E-state index contributed by atoms with van der Waals surface area (Å²) in [6.07, 6.45) is 0. The molecule has 1 aromatic carbocycles. The summed E-state index contributed by atoms with van der Waals surface area (Å²) < 4.78 is 27.9. The molecule has 1 heterocycles. The van der Waals surface area contributed by atoms with Crippen LogP contribution in [-0.4, -0.2) is 15.2 Å². The second kappa shape index (κ2) is 6.60. The smallest absolute Gasteiger partial charge is 0.254 e. The zero-order valence-corrected chi connectivity index (χ0v) is 13.7. The number of aromatic amines is 1. The third-order valence-corrected chi connectivity index (χ3v) is 4.25. The van der Waals surface area contributed by atoms with Gasteiger partial charge in [0.1, 0.15) is 11.6 Å². The van der Waals surface area contributed by atoms with E-state index in [-0.39, 0.29) is 16.4 Å². The van der Waals surface area contributed by atoms with Crippen molar-refractivity contribution in [3.63, 3.8) is 0 Å². The van der Waals surface area contributed by atoms with Crippen LogP contribution in [0.5, 0.6) is 0 Å². The van der Waals surface area contributed by atoms with Gasteiger partial charge < -0.3 is 4.98 Å². The number of rotatable bonds is 4. The van der Waals surface area contributed by atoms with Crippen molar-refractivity contribution in [1.82, 2.24) is 9.97 Å². The molecule has 1 N–H and O–H groups in total. The van der Waals surface area contributed by atoms with E-state index in [2.05, 4.69) is 9.97 Å². The zero-order valence-electron chi connectivity index (χ0n) is 12.9. The molecule has 0 saturated carbocycles. The van der Waals surface area contributed by atoms with Gasteiger partial charge in [-0.15, -0.1) is 0 Å². The molecule has 0 saturated heterocycles. The van der Waals surface area contributed by atoms with Crippen LogP contribution < -0.4 is 5.56 Å². The number of hydrogen-bond donors (Lipinski definition) is 1. The predicted molar refractivity (Wildman–Crippen MR) is 84.5 cm³/mol. The fourth-order valence-corrected chi connectivity index (χ4v) is 3.04. The van der Waals surface area contributed by atoms with Gasteiger partial charge in [-0.2, -0.15) is 0 Å². The molecule has 1 unspecified atom stereocenters. The number of thioether (sulfide) groups is 1. The van der Waals surface area contributed by atoms with Crippen molar-refractivity contribution in [1.29, 1.82) is 0 Å². The Hall–Kier alpha value is -1.69. The second-order valence-corrected chi connectivity index (χ2v) is 6.97. The van der Waals surface area contributed by atoms with Crippen LogP contribution in [0.2, 0.25) is 0 Å². The van der Waals surface area contributed by atoms with Gasteiger partial charge in [0.15, 0.2) is 5.16 Å². The largest absolute Gasteiger partial charge is 0.301 e. The summed E-state index contributed by atoms with van der Waals surface area (Å²) >= 11 is 1.40. The lowest BCUT2D eigenvalue weighted by atomic mass is 9.94. The Bertz CT molecular complexity index is 723. The molecule has 1 aromatic heterocycles. The van der Waals surface area contributed by atoms with Crippen LogP contribution >= 0.6 is 11.8 Å². The summed E-state index contributed by atoms with van der Waals surface area (Å²) in [4.78, 5) is 19.1. The van der Waals surface area contributed by atoms with Crippen LogP contribution in [0, 0.1) is 18.6 Å². The fraction of sp³-hybridized carbons (Fsp3) is 0.375. The van der Waals surface area contributed by atoms with Gasteiger partial charge in [-0.3, -0.25) is 4.79 Å². The number of halogens is 2. The lowest BCUT2D eigenvalue weighted by Crippen LogP contribution is -2.19. The number of hydrogen-bond acceptors (Lipinski definition) is 3. The van der Waals surface area contributed by atoms with E-state index in [1.54, 1.807) is 13.8 Å². The van der Waals surface area contributed by atoms with Gasteiger partial charge in [0.2, 0.25) is 0 Å². The van der Waals surface area contributed by atoms with Crippen LogP contribution in [0.15, 0.2) is 28.2 Å². The number of benzene rings is 1. The highest BCUT2D eigenvalue weighted by atomic mass is 32.2. The van der Waals surface area contributed by atoms with E-state index in [4.69, 9.17) is 0 Å². The summed E-state index contributed by atoms with van der Waals surface area (Å²) in [5.41, 5.74) is 0.431. The molecular formula is C16H18F2N2OS. The molecule has 0 aliphatic heterocycles. The summed E-state index contributed by atoms with van der Waals surface area (Å²) in [7, 11) is 0. The van der Waals surface area contributed by atoms with E-state index in [0.29, 0.717) is 16.4 Å². The summed E-state index contributed by atoms with van der Waals surface area (Å²) in [5.74, 6) is -1.91. The minimum atomic E-state index is -0.644. The lowest BCUT2D eigenvalue weighted by molar-refractivity contribution is 0.543. The molecule has 118 valence electrons. The quantitative estimate of drug-likeness (QED) is 0.683. The Labute approximate surface area is 132 Å². The van der Waals surface area contributed by atoms with Crippen molar-refractivity contribution in [3.05, 3.63) is 57.0 Å². The zero-order chi connectivity index (χ0) is 16.4. The van der Waals surface area contributed by atoms with E-state index < -0.39 is 17.6 Å². The van der Waals surface area contributed by atoms with E-state index in [9.17, 15) is 13.6 Å². The van der Waals surface area contributed by atoms with Crippen LogP contribution in [0.25, 0.3) is 0 Å². The predicted octanol–water partition coefficient (Wildman–Crippen LogP) is 4.01. The molecule has 0 amide bonds. The Morgan fingerprint density at radius 3 is 2.32 bits per heavy atom. The van der Waals surface area contributed by atoms with Gasteiger partial charge in [-0.1, -0.05) is 38.6 Å². The molecule has 0 aliphatic carbocycles. The van der Waals surface area contributed by atoms with Gasteiger partial charge in [0.25, 0.3) is 5.56 Å². The molecule has 0 fully saturated rings. The maximum atomic E-state index is 14.0. The van der Waals surface area contributed by atoms with Gasteiger partial charge in [0.05, 0.1) is 5.69 Å². The topological polar surface area (TPSA) is 45.8 Å². The molecule has 2 rings (SSSR count). The van der Waals surface area contributed by atoms with Crippen LogP contribution in [-0.2, 0) is 0 Å². The average Bonchev–Trinajstić information content (AvgIpc) is 2.41. The molecule has 0 radical (unpaired) electrons. The van der Waals surface area contributed by atoms with E-state index in [0.717, 1.165) is 0 Å². The molecule has 0 spiro atoms. The maximum absolute atomic E-state index is 14.0. The monoisotopic (exact) mass is 324 g/mol. The van der Waals surface area contributed by atoms with Crippen molar-refractivity contribution in [2.24, 2.45) is 0 Å². The van der Waals surface area contributed by atoms with Crippen molar-refractivity contribution in [3.8, 4) is 0 Å². The third kappa shape index (κ3) is 3.38. The first-order valence-electron chi connectivity index (χ1n) is 7.02. The number of aromatic nitrogens is 2. The minimum Gasteiger partial charge on any atom is -0.301 e. The molecule has 0 aliphatic rings. The first-order valence-corrected chi connectivity index (χ1v) is 7.90. The second-order valence-electron chi connectivity index (χ2n) is 5.40. The standard InChI is InChI=1S/C16H18F2N2OS/c1-8(2)22-16-19-14(10(4)15(21)20-16)9(3)13-11(17)6-5-7-12(13)18/h5-9H,1-4H3,(H,19,20,21). The highest BCUT2D eigenvalue weighted by Crippen LogP contribution is 2.29. The van der Waals surface area contributed by atoms with Crippen molar-refractivity contribution >= 4 is 11.8 Å². The Kier molecular flexibility index (Phi) is 5.01. The van der Waals surface area contributed by atoms with Crippen LogP contribution in [0.4, 0.5) is 8.78 Å². The lowest BCUT2D eigenvalue weighted by Gasteiger charge is -2.16. The van der Waals surface area contributed by atoms with Crippen LogP contribution in [0.1, 0.15) is 43.5 Å².